The predicted octanol–water partition coefficient (Wildman–Crippen LogP) is 4.43. The summed E-state index contributed by atoms with van der Waals surface area (Å²) in [5.41, 5.74) is 1.16. The van der Waals surface area contributed by atoms with E-state index in [-0.39, 0.29) is 0 Å². The van der Waals surface area contributed by atoms with E-state index in [4.69, 9.17) is 9.47 Å². The molecule has 2 aromatic carbocycles. The van der Waals surface area contributed by atoms with Crippen LogP contribution in [-0.4, -0.2) is 6.61 Å². The van der Waals surface area contributed by atoms with Crippen molar-refractivity contribution in [1.82, 2.24) is 0 Å². The topological polar surface area (TPSA) is 18.5 Å². The van der Waals surface area contributed by atoms with Crippen LogP contribution in [0.15, 0.2) is 53.0 Å². The molecule has 0 fully saturated rings. The van der Waals surface area contributed by atoms with Crippen LogP contribution in [0, 0.1) is 0 Å². The Labute approximate surface area is 116 Å². The molecule has 0 heterocycles. The maximum Gasteiger partial charge on any atom is 0.133 e. The lowest BCUT2D eigenvalue weighted by Crippen LogP contribution is -1.96. The lowest BCUT2D eigenvalue weighted by molar-refractivity contribution is 0.303. The van der Waals surface area contributed by atoms with Gasteiger partial charge in [-0.25, -0.2) is 0 Å². The molecule has 0 unspecified atom stereocenters. The van der Waals surface area contributed by atoms with Crippen molar-refractivity contribution in [1.29, 1.82) is 0 Å². The first kappa shape index (κ1) is 13.0. The Morgan fingerprint density at radius 2 is 1.78 bits per heavy atom. The van der Waals surface area contributed by atoms with Gasteiger partial charge in [0.15, 0.2) is 0 Å². The Balaban J connectivity index is 2.00. The van der Waals surface area contributed by atoms with Crippen molar-refractivity contribution in [3.05, 3.63) is 58.6 Å². The van der Waals surface area contributed by atoms with Gasteiger partial charge in [-0.05, 0) is 46.6 Å². The number of hydrogen-bond acceptors (Lipinski definition) is 2. The van der Waals surface area contributed by atoms with Gasteiger partial charge in [0, 0.05) is 0 Å². The van der Waals surface area contributed by atoms with Crippen molar-refractivity contribution in [2.24, 2.45) is 0 Å². The largest absolute Gasteiger partial charge is 0.493 e. The van der Waals surface area contributed by atoms with Crippen LogP contribution in [0.1, 0.15) is 12.5 Å². The maximum absolute atomic E-state index is 5.72. The van der Waals surface area contributed by atoms with Crippen LogP contribution < -0.4 is 9.47 Å². The first-order chi connectivity index (χ1) is 8.79. The smallest absolute Gasteiger partial charge is 0.133 e. The van der Waals surface area contributed by atoms with Crippen LogP contribution in [0.2, 0.25) is 0 Å². The van der Waals surface area contributed by atoms with Crippen LogP contribution in [0.4, 0.5) is 0 Å². The Morgan fingerprint density at radius 1 is 1.00 bits per heavy atom. The average molecular weight is 307 g/mol. The monoisotopic (exact) mass is 306 g/mol. The maximum atomic E-state index is 5.72. The molecule has 0 spiro atoms. The summed E-state index contributed by atoms with van der Waals surface area (Å²) in [4.78, 5) is 0. The first-order valence-corrected chi connectivity index (χ1v) is 6.68. The highest BCUT2D eigenvalue weighted by molar-refractivity contribution is 9.10. The number of halogens is 1. The third-order valence-electron chi connectivity index (χ3n) is 2.45. The van der Waals surface area contributed by atoms with E-state index < -0.39 is 0 Å². The summed E-state index contributed by atoms with van der Waals surface area (Å²) in [7, 11) is 0. The number of benzene rings is 2. The summed E-state index contributed by atoms with van der Waals surface area (Å²) >= 11 is 3.47. The van der Waals surface area contributed by atoms with E-state index in [1.807, 2.05) is 55.5 Å². The SMILES string of the molecule is CCOc1ccc(OCc2ccccc2)cc1Br. The van der Waals surface area contributed by atoms with E-state index in [2.05, 4.69) is 15.9 Å². The third kappa shape index (κ3) is 3.50. The molecule has 0 amide bonds. The number of rotatable bonds is 5. The van der Waals surface area contributed by atoms with Crippen LogP contribution in [0.3, 0.4) is 0 Å². The fourth-order valence-corrected chi connectivity index (χ4v) is 2.06. The molecule has 0 radical (unpaired) electrons. The Kier molecular flexibility index (Phi) is 4.65. The normalized spacial score (nSPS) is 10.1. The van der Waals surface area contributed by atoms with Crippen molar-refractivity contribution in [2.75, 3.05) is 6.61 Å². The molecule has 0 atom stereocenters. The minimum absolute atomic E-state index is 0.571. The Hall–Kier alpha value is -1.48. The summed E-state index contributed by atoms with van der Waals surface area (Å²) in [6, 6.07) is 15.9. The van der Waals surface area contributed by atoms with Gasteiger partial charge in [-0.1, -0.05) is 30.3 Å². The molecular weight excluding hydrogens is 292 g/mol. The molecule has 3 heteroatoms. The van der Waals surface area contributed by atoms with E-state index in [0.717, 1.165) is 21.5 Å². The van der Waals surface area contributed by atoms with E-state index in [1.54, 1.807) is 0 Å². The van der Waals surface area contributed by atoms with E-state index >= 15 is 0 Å². The molecule has 0 bridgehead atoms. The fourth-order valence-electron chi connectivity index (χ4n) is 1.58. The second kappa shape index (κ2) is 6.45. The Morgan fingerprint density at radius 3 is 2.44 bits per heavy atom. The second-order valence-corrected chi connectivity index (χ2v) is 4.65. The minimum atomic E-state index is 0.571. The summed E-state index contributed by atoms with van der Waals surface area (Å²) in [5, 5.41) is 0. The lowest BCUT2D eigenvalue weighted by atomic mass is 10.2. The molecule has 0 N–H and O–H groups in total. The van der Waals surface area contributed by atoms with Crippen LogP contribution in [-0.2, 0) is 6.61 Å². The molecule has 0 saturated carbocycles. The molecule has 2 rings (SSSR count). The van der Waals surface area contributed by atoms with Crippen molar-refractivity contribution in [2.45, 2.75) is 13.5 Å². The van der Waals surface area contributed by atoms with Crippen molar-refractivity contribution in [3.63, 3.8) is 0 Å². The zero-order valence-electron chi connectivity index (χ0n) is 10.2. The highest BCUT2D eigenvalue weighted by Gasteiger charge is 2.03. The molecule has 94 valence electrons. The van der Waals surface area contributed by atoms with Gasteiger partial charge < -0.3 is 9.47 Å². The summed E-state index contributed by atoms with van der Waals surface area (Å²) in [6.45, 7) is 3.19. The molecular formula is C15H15BrO2. The van der Waals surface area contributed by atoms with Crippen molar-refractivity contribution >= 4 is 15.9 Å². The second-order valence-electron chi connectivity index (χ2n) is 3.80. The van der Waals surface area contributed by atoms with Crippen molar-refractivity contribution < 1.29 is 9.47 Å². The minimum Gasteiger partial charge on any atom is -0.493 e. The highest BCUT2D eigenvalue weighted by Crippen LogP contribution is 2.29. The van der Waals surface area contributed by atoms with Gasteiger partial charge in [-0.2, -0.15) is 0 Å². The zero-order chi connectivity index (χ0) is 12.8. The summed E-state index contributed by atoms with van der Waals surface area (Å²) in [5.74, 6) is 1.67. The molecule has 0 aromatic heterocycles. The summed E-state index contributed by atoms with van der Waals surface area (Å²) < 4.78 is 12.1. The summed E-state index contributed by atoms with van der Waals surface area (Å²) in [6.07, 6.45) is 0. The first-order valence-electron chi connectivity index (χ1n) is 5.88. The van der Waals surface area contributed by atoms with Gasteiger partial charge in [0.2, 0.25) is 0 Å². The molecule has 18 heavy (non-hydrogen) atoms. The van der Waals surface area contributed by atoms with Crippen LogP contribution >= 0.6 is 15.9 Å². The number of hydrogen-bond donors (Lipinski definition) is 0. The Bertz CT molecular complexity index is 497. The molecule has 2 aromatic rings. The quantitative estimate of drug-likeness (QED) is 0.813. The fraction of sp³-hybridized carbons (Fsp3) is 0.200. The van der Waals surface area contributed by atoms with Gasteiger partial charge in [0.1, 0.15) is 18.1 Å². The van der Waals surface area contributed by atoms with Gasteiger partial charge >= 0.3 is 0 Å². The van der Waals surface area contributed by atoms with Crippen molar-refractivity contribution in [3.8, 4) is 11.5 Å². The zero-order valence-corrected chi connectivity index (χ0v) is 11.8. The van der Waals surface area contributed by atoms with E-state index in [0.29, 0.717) is 13.2 Å². The van der Waals surface area contributed by atoms with Gasteiger partial charge in [-0.3, -0.25) is 0 Å². The van der Waals surface area contributed by atoms with Crippen LogP contribution in [0.25, 0.3) is 0 Å². The molecule has 0 saturated heterocycles. The van der Waals surface area contributed by atoms with Gasteiger partial charge in [-0.15, -0.1) is 0 Å². The van der Waals surface area contributed by atoms with Crippen LogP contribution in [0.5, 0.6) is 11.5 Å². The molecule has 0 aliphatic rings. The molecule has 2 nitrogen and oxygen atoms in total. The van der Waals surface area contributed by atoms with E-state index in [9.17, 15) is 0 Å². The number of ether oxygens (including phenoxy) is 2. The lowest BCUT2D eigenvalue weighted by Gasteiger charge is -2.09. The standard InChI is InChI=1S/C15H15BrO2/c1-2-17-15-9-8-13(10-14(15)16)18-11-12-6-4-3-5-7-12/h3-10H,2,11H2,1H3. The predicted molar refractivity (Wildman–Crippen MR) is 76.1 cm³/mol. The third-order valence-corrected chi connectivity index (χ3v) is 3.07. The van der Waals surface area contributed by atoms with E-state index in [1.165, 1.54) is 0 Å². The van der Waals surface area contributed by atoms with Gasteiger partial charge in [0.25, 0.3) is 0 Å². The molecule has 0 aliphatic carbocycles. The highest BCUT2D eigenvalue weighted by atomic mass is 79.9. The van der Waals surface area contributed by atoms with Gasteiger partial charge in [0.05, 0.1) is 11.1 Å². The average Bonchev–Trinajstić information content (AvgIpc) is 2.41. The molecule has 0 aliphatic heterocycles.